The highest BCUT2D eigenvalue weighted by Gasteiger charge is 2.12. The van der Waals surface area contributed by atoms with Gasteiger partial charge in [0.15, 0.2) is 0 Å². The fourth-order valence-electron chi connectivity index (χ4n) is 1.77. The van der Waals surface area contributed by atoms with Crippen molar-refractivity contribution in [3.63, 3.8) is 0 Å². The van der Waals surface area contributed by atoms with Crippen molar-refractivity contribution in [2.24, 2.45) is 5.73 Å². The van der Waals surface area contributed by atoms with Gasteiger partial charge in [0, 0.05) is 12.1 Å². The molecule has 0 atom stereocenters. The van der Waals surface area contributed by atoms with Crippen LogP contribution in [0.5, 0.6) is 0 Å². The van der Waals surface area contributed by atoms with Crippen molar-refractivity contribution >= 4 is 10.0 Å². The van der Waals surface area contributed by atoms with Crippen LogP contribution in [0.25, 0.3) is 0 Å². The summed E-state index contributed by atoms with van der Waals surface area (Å²) in [5.41, 5.74) is 6.99. The van der Waals surface area contributed by atoms with E-state index in [4.69, 9.17) is 5.73 Å². The molecule has 2 aromatic rings. The molecule has 3 N–H and O–H groups in total. The molecule has 0 aromatic heterocycles. The van der Waals surface area contributed by atoms with E-state index in [0.717, 1.165) is 11.1 Å². The van der Waals surface area contributed by atoms with E-state index in [9.17, 15) is 8.42 Å². The molecule has 0 unspecified atom stereocenters. The molecule has 0 saturated carbocycles. The zero-order valence-electron chi connectivity index (χ0n) is 11.4. The zero-order chi connectivity index (χ0) is 15.1. The van der Waals surface area contributed by atoms with E-state index in [1.165, 1.54) is 0 Å². The summed E-state index contributed by atoms with van der Waals surface area (Å²) in [5, 5.41) is 0. The van der Waals surface area contributed by atoms with Gasteiger partial charge >= 0.3 is 0 Å². The Morgan fingerprint density at radius 3 is 2.52 bits per heavy atom. The predicted octanol–water partition coefficient (Wildman–Crippen LogP) is 1.48. The molecule has 2 rings (SSSR count). The molecule has 0 aliphatic carbocycles. The van der Waals surface area contributed by atoms with E-state index >= 15 is 0 Å². The van der Waals surface area contributed by atoms with Crippen molar-refractivity contribution in [3.05, 3.63) is 65.7 Å². The van der Waals surface area contributed by atoms with Gasteiger partial charge in [0.2, 0.25) is 10.0 Å². The van der Waals surface area contributed by atoms with Crippen LogP contribution >= 0.6 is 0 Å². The Bertz CT molecular complexity index is 760. The summed E-state index contributed by atoms with van der Waals surface area (Å²) >= 11 is 0. The van der Waals surface area contributed by atoms with E-state index in [0.29, 0.717) is 6.54 Å². The number of benzene rings is 2. The Labute approximate surface area is 125 Å². The highest BCUT2D eigenvalue weighted by atomic mass is 32.2. The molecule has 0 fully saturated rings. The normalized spacial score (nSPS) is 10.7. The molecule has 21 heavy (non-hydrogen) atoms. The highest BCUT2D eigenvalue weighted by Crippen LogP contribution is 2.09. The SMILES string of the molecule is NCC#Cc1cccc(CNS(=O)(=O)c2ccccc2)c1. The van der Waals surface area contributed by atoms with Crippen LogP contribution in [0.15, 0.2) is 59.5 Å². The van der Waals surface area contributed by atoms with E-state index in [2.05, 4.69) is 16.6 Å². The summed E-state index contributed by atoms with van der Waals surface area (Å²) in [6.07, 6.45) is 0. The Balaban J connectivity index is 2.10. The molecule has 2 aromatic carbocycles. The second kappa shape index (κ2) is 7.04. The molecule has 5 heteroatoms. The van der Waals surface area contributed by atoms with Gasteiger partial charge < -0.3 is 5.73 Å². The van der Waals surface area contributed by atoms with Crippen LogP contribution in [0.3, 0.4) is 0 Å². The van der Waals surface area contributed by atoms with Crippen LogP contribution in [0.2, 0.25) is 0 Å². The van der Waals surface area contributed by atoms with Crippen molar-refractivity contribution in [1.82, 2.24) is 4.72 Å². The Hall–Kier alpha value is -2.13. The fraction of sp³-hybridized carbons (Fsp3) is 0.125. The molecule has 0 bridgehead atoms. The molecular formula is C16H16N2O2S. The van der Waals surface area contributed by atoms with Crippen LogP contribution in [-0.2, 0) is 16.6 Å². The average Bonchev–Trinajstić information content (AvgIpc) is 2.52. The third-order valence-electron chi connectivity index (χ3n) is 2.78. The number of hydrogen-bond acceptors (Lipinski definition) is 3. The first-order chi connectivity index (χ1) is 10.1. The smallest absolute Gasteiger partial charge is 0.240 e. The maximum absolute atomic E-state index is 12.1. The van der Waals surface area contributed by atoms with Crippen LogP contribution in [-0.4, -0.2) is 15.0 Å². The lowest BCUT2D eigenvalue weighted by Gasteiger charge is -2.07. The quantitative estimate of drug-likeness (QED) is 0.840. The van der Waals surface area contributed by atoms with Gasteiger partial charge in [-0.15, -0.1) is 0 Å². The molecule has 4 nitrogen and oxygen atoms in total. The van der Waals surface area contributed by atoms with Crippen LogP contribution in [0, 0.1) is 11.8 Å². The molecule has 0 aliphatic heterocycles. The van der Waals surface area contributed by atoms with E-state index in [1.807, 2.05) is 24.3 Å². The fourth-order valence-corrected chi connectivity index (χ4v) is 2.81. The average molecular weight is 300 g/mol. The summed E-state index contributed by atoms with van der Waals surface area (Å²) < 4.78 is 26.8. The number of rotatable bonds is 4. The number of nitrogens with one attached hydrogen (secondary N) is 1. The van der Waals surface area contributed by atoms with Crippen molar-refractivity contribution in [2.75, 3.05) is 6.54 Å². The lowest BCUT2D eigenvalue weighted by atomic mass is 10.1. The van der Waals surface area contributed by atoms with E-state index in [1.54, 1.807) is 30.3 Å². The molecule has 0 amide bonds. The van der Waals surface area contributed by atoms with Crippen molar-refractivity contribution in [2.45, 2.75) is 11.4 Å². The van der Waals surface area contributed by atoms with Crippen LogP contribution < -0.4 is 10.5 Å². The van der Waals surface area contributed by atoms with Gasteiger partial charge in [0.05, 0.1) is 11.4 Å². The van der Waals surface area contributed by atoms with Crippen molar-refractivity contribution in [1.29, 1.82) is 0 Å². The standard InChI is InChI=1S/C16H16N2O2S/c17-11-5-8-14-6-4-7-15(12-14)13-18-21(19,20)16-9-2-1-3-10-16/h1-4,6-7,9-10,12,18H,11,13,17H2. The first kappa shape index (κ1) is 15.3. The zero-order valence-corrected chi connectivity index (χ0v) is 12.2. The van der Waals surface area contributed by atoms with E-state index in [-0.39, 0.29) is 11.4 Å². The summed E-state index contributed by atoms with van der Waals surface area (Å²) in [7, 11) is -3.49. The maximum atomic E-state index is 12.1. The minimum absolute atomic E-state index is 0.218. The Morgan fingerprint density at radius 2 is 1.81 bits per heavy atom. The Kier molecular flexibility index (Phi) is 5.12. The van der Waals surface area contributed by atoms with Gasteiger partial charge in [-0.2, -0.15) is 0 Å². The number of hydrogen-bond donors (Lipinski definition) is 2. The molecule has 0 spiro atoms. The number of sulfonamides is 1. The summed E-state index contributed by atoms with van der Waals surface area (Å²) in [5.74, 6) is 5.69. The molecule has 108 valence electrons. The molecule has 0 saturated heterocycles. The summed E-state index contributed by atoms with van der Waals surface area (Å²) in [6, 6.07) is 15.7. The van der Waals surface area contributed by atoms with Crippen LogP contribution in [0.4, 0.5) is 0 Å². The molecule has 0 heterocycles. The van der Waals surface area contributed by atoms with Gasteiger partial charge in [0.25, 0.3) is 0 Å². The van der Waals surface area contributed by atoms with Crippen molar-refractivity contribution < 1.29 is 8.42 Å². The molecular weight excluding hydrogens is 284 g/mol. The second-order valence-corrected chi connectivity index (χ2v) is 6.11. The minimum atomic E-state index is -3.49. The van der Waals surface area contributed by atoms with Gasteiger partial charge in [0.1, 0.15) is 0 Å². The number of nitrogens with two attached hydrogens (primary N) is 1. The lowest BCUT2D eigenvalue weighted by Crippen LogP contribution is -2.23. The lowest BCUT2D eigenvalue weighted by molar-refractivity contribution is 0.581. The van der Waals surface area contributed by atoms with Gasteiger partial charge in [-0.25, -0.2) is 13.1 Å². The van der Waals surface area contributed by atoms with Crippen LogP contribution in [0.1, 0.15) is 11.1 Å². The highest BCUT2D eigenvalue weighted by molar-refractivity contribution is 7.89. The monoisotopic (exact) mass is 300 g/mol. The third kappa shape index (κ3) is 4.43. The topological polar surface area (TPSA) is 72.2 Å². The molecule has 0 aliphatic rings. The Morgan fingerprint density at radius 1 is 1.05 bits per heavy atom. The first-order valence-electron chi connectivity index (χ1n) is 6.44. The maximum Gasteiger partial charge on any atom is 0.240 e. The largest absolute Gasteiger partial charge is 0.320 e. The predicted molar refractivity (Wildman–Crippen MR) is 82.8 cm³/mol. The van der Waals surface area contributed by atoms with Gasteiger partial charge in [-0.1, -0.05) is 42.2 Å². The molecule has 0 radical (unpaired) electrons. The van der Waals surface area contributed by atoms with Crippen molar-refractivity contribution in [3.8, 4) is 11.8 Å². The third-order valence-corrected chi connectivity index (χ3v) is 4.20. The second-order valence-electron chi connectivity index (χ2n) is 4.34. The minimum Gasteiger partial charge on any atom is -0.320 e. The summed E-state index contributed by atoms with van der Waals surface area (Å²) in [6.45, 7) is 0.514. The first-order valence-corrected chi connectivity index (χ1v) is 7.93. The van der Waals surface area contributed by atoms with Gasteiger partial charge in [-0.3, -0.25) is 0 Å². The van der Waals surface area contributed by atoms with Gasteiger partial charge in [-0.05, 0) is 29.8 Å². The van der Waals surface area contributed by atoms with E-state index < -0.39 is 10.0 Å². The summed E-state index contributed by atoms with van der Waals surface area (Å²) in [4.78, 5) is 0.254.